The number of rotatable bonds is 7. The van der Waals surface area contributed by atoms with Crippen LogP contribution in [0, 0.1) is 0 Å². The van der Waals surface area contributed by atoms with Gasteiger partial charge in [0, 0.05) is 29.3 Å². The number of dihydropyridines is 1. The summed E-state index contributed by atoms with van der Waals surface area (Å²) in [6, 6.07) is 15.1. The number of esters is 1. The number of ether oxygens (including phenoxy) is 2. The lowest BCUT2D eigenvalue weighted by molar-refractivity contribution is -0.144. The standard InChI is InChI=1S/C29H33NO5/c1-5-17(3)35-29(33)26-18(4)30-22-14-21(19-10-8-7-9-11-19)15-24(32)28(22)27(26)20-12-13-23(31)25(16-20)34-6-2/h7-13,16-17,21,27,30-31H,5-6,14-15H2,1-4H3/t17-,21-,27+/m1/s1. The molecule has 0 fully saturated rings. The van der Waals surface area contributed by atoms with Crippen LogP contribution in [0.1, 0.15) is 69.9 Å². The quantitative estimate of drug-likeness (QED) is 0.515. The lowest BCUT2D eigenvalue weighted by Gasteiger charge is -2.37. The van der Waals surface area contributed by atoms with Crippen LogP contribution >= 0.6 is 0 Å². The van der Waals surface area contributed by atoms with Crippen molar-refractivity contribution in [2.45, 2.75) is 64.9 Å². The van der Waals surface area contributed by atoms with Crippen molar-refractivity contribution in [1.82, 2.24) is 5.32 Å². The van der Waals surface area contributed by atoms with Gasteiger partial charge in [0.2, 0.25) is 0 Å². The number of hydrogen-bond acceptors (Lipinski definition) is 6. The van der Waals surface area contributed by atoms with Crippen LogP contribution in [0.2, 0.25) is 0 Å². The molecule has 184 valence electrons. The molecule has 2 aromatic carbocycles. The molecule has 6 heteroatoms. The fourth-order valence-corrected chi connectivity index (χ4v) is 4.91. The number of nitrogens with one attached hydrogen (secondary N) is 1. The summed E-state index contributed by atoms with van der Waals surface area (Å²) in [5.41, 5.74) is 4.36. The summed E-state index contributed by atoms with van der Waals surface area (Å²) < 4.78 is 11.3. The van der Waals surface area contributed by atoms with Gasteiger partial charge in [-0.25, -0.2) is 4.79 Å². The van der Waals surface area contributed by atoms with E-state index >= 15 is 0 Å². The molecule has 0 saturated carbocycles. The van der Waals surface area contributed by atoms with E-state index in [0.717, 1.165) is 11.3 Å². The van der Waals surface area contributed by atoms with Gasteiger partial charge >= 0.3 is 5.97 Å². The van der Waals surface area contributed by atoms with Crippen LogP contribution in [0.25, 0.3) is 0 Å². The third-order valence-corrected chi connectivity index (χ3v) is 6.82. The van der Waals surface area contributed by atoms with Gasteiger partial charge in [0.15, 0.2) is 17.3 Å². The number of allylic oxidation sites excluding steroid dienone is 3. The summed E-state index contributed by atoms with van der Waals surface area (Å²) in [6.07, 6.45) is 1.48. The first-order valence-corrected chi connectivity index (χ1v) is 12.3. The monoisotopic (exact) mass is 475 g/mol. The van der Waals surface area contributed by atoms with Gasteiger partial charge in [-0.15, -0.1) is 0 Å². The van der Waals surface area contributed by atoms with Crippen LogP contribution in [-0.2, 0) is 14.3 Å². The third kappa shape index (κ3) is 4.97. The smallest absolute Gasteiger partial charge is 0.337 e. The Labute approximate surface area is 206 Å². The predicted octanol–water partition coefficient (Wildman–Crippen LogP) is 5.49. The van der Waals surface area contributed by atoms with Gasteiger partial charge in [0.1, 0.15) is 0 Å². The van der Waals surface area contributed by atoms with E-state index in [9.17, 15) is 14.7 Å². The molecule has 35 heavy (non-hydrogen) atoms. The zero-order valence-electron chi connectivity index (χ0n) is 20.8. The Hall–Kier alpha value is -3.54. The Kier molecular flexibility index (Phi) is 7.29. The van der Waals surface area contributed by atoms with Crippen molar-refractivity contribution in [3.8, 4) is 11.5 Å². The minimum absolute atomic E-state index is 0.00461. The van der Waals surface area contributed by atoms with Gasteiger partial charge in [-0.3, -0.25) is 4.79 Å². The molecule has 0 saturated heterocycles. The molecule has 6 nitrogen and oxygen atoms in total. The molecule has 3 atom stereocenters. The lowest BCUT2D eigenvalue weighted by Crippen LogP contribution is -2.36. The van der Waals surface area contributed by atoms with Gasteiger partial charge < -0.3 is 19.9 Å². The molecule has 1 aliphatic carbocycles. The van der Waals surface area contributed by atoms with Crippen molar-refractivity contribution in [3.05, 3.63) is 82.2 Å². The summed E-state index contributed by atoms with van der Waals surface area (Å²) in [5.74, 6) is -0.636. The third-order valence-electron chi connectivity index (χ3n) is 6.82. The van der Waals surface area contributed by atoms with Crippen LogP contribution in [-0.4, -0.2) is 29.6 Å². The van der Waals surface area contributed by atoms with E-state index in [1.54, 1.807) is 18.2 Å². The number of Topliss-reactive ketones (excluding diaryl/α,β-unsaturated/α-hetero) is 1. The first-order valence-electron chi connectivity index (χ1n) is 12.3. The molecule has 1 aliphatic heterocycles. The molecule has 0 spiro atoms. The first-order chi connectivity index (χ1) is 16.8. The molecule has 2 aliphatic rings. The minimum Gasteiger partial charge on any atom is -0.504 e. The molecule has 4 rings (SSSR count). The summed E-state index contributed by atoms with van der Waals surface area (Å²) in [7, 11) is 0. The number of benzene rings is 2. The van der Waals surface area contributed by atoms with Crippen LogP contribution in [0.4, 0.5) is 0 Å². The Balaban J connectivity index is 1.81. The van der Waals surface area contributed by atoms with E-state index in [0.29, 0.717) is 54.0 Å². The van der Waals surface area contributed by atoms with Crippen molar-refractivity contribution in [2.75, 3.05) is 6.61 Å². The lowest BCUT2D eigenvalue weighted by atomic mass is 9.71. The second-order valence-corrected chi connectivity index (χ2v) is 9.21. The van der Waals surface area contributed by atoms with E-state index in [1.807, 2.05) is 45.9 Å². The fourth-order valence-electron chi connectivity index (χ4n) is 4.91. The van der Waals surface area contributed by atoms with Crippen molar-refractivity contribution < 1.29 is 24.2 Å². The molecule has 0 bridgehead atoms. The second-order valence-electron chi connectivity index (χ2n) is 9.21. The van der Waals surface area contributed by atoms with Crippen molar-refractivity contribution >= 4 is 11.8 Å². The number of ketones is 1. The number of carbonyl (C=O) groups is 2. The molecule has 0 radical (unpaired) electrons. The Morgan fingerprint density at radius 2 is 1.86 bits per heavy atom. The van der Waals surface area contributed by atoms with Gasteiger partial charge in [0.05, 0.1) is 18.3 Å². The van der Waals surface area contributed by atoms with E-state index < -0.39 is 11.9 Å². The number of phenols is 1. The molecular weight excluding hydrogens is 442 g/mol. The highest BCUT2D eigenvalue weighted by Gasteiger charge is 2.41. The van der Waals surface area contributed by atoms with E-state index in [4.69, 9.17) is 9.47 Å². The van der Waals surface area contributed by atoms with Gasteiger partial charge in [-0.2, -0.15) is 0 Å². The average molecular weight is 476 g/mol. The summed E-state index contributed by atoms with van der Waals surface area (Å²) in [4.78, 5) is 27.0. The summed E-state index contributed by atoms with van der Waals surface area (Å²) in [6.45, 7) is 7.88. The zero-order valence-corrected chi connectivity index (χ0v) is 20.8. The summed E-state index contributed by atoms with van der Waals surface area (Å²) in [5, 5.41) is 13.6. The highest BCUT2D eigenvalue weighted by molar-refractivity contribution is 6.04. The van der Waals surface area contributed by atoms with Crippen molar-refractivity contribution in [2.24, 2.45) is 0 Å². The molecule has 2 aromatic rings. The second kappa shape index (κ2) is 10.4. The maximum atomic E-state index is 13.7. The maximum absolute atomic E-state index is 13.7. The Bertz CT molecular complexity index is 1180. The number of carbonyl (C=O) groups excluding carboxylic acids is 2. The molecule has 0 aromatic heterocycles. The predicted molar refractivity (Wildman–Crippen MR) is 134 cm³/mol. The average Bonchev–Trinajstić information content (AvgIpc) is 2.85. The van der Waals surface area contributed by atoms with Crippen LogP contribution in [0.3, 0.4) is 0 Å². The van der Waals surface area contributed by atoms with Crippen LogP contribution in [0.15, 0.2) is 71.1 Å². The van der Waals surface area contributed by atoms with Crippen LogP contribution in [0.5, 0.6) is 11.5 Å². The minimum atomic E-state index is -0.605. The first kappa shape index (κ1) is 24.6. The molecule has 0 unspecified atom stereocenters. The topological polar surface area (TPSA) is 84.9 Å². The molecule has 0 amide bonds. The van der Waals surface area contributed by atoms with Crippen LogP contribution < -0.4 is 10.1 Å². The largest absolute Gasteiger partial charge is 0.504 e. The summed E-state index contributed by atoms with van der Waals surface area (Å²) >= 11 is 0. The van der Waals surface area contributed by atoms with E-state index in [2.05, 4.69) is 17.4 Å². The van der Waals surface area contributed by atoms with Crippen molar-refractivity contribution in [1.29, 1.82) is 0 Å². The number of aromatic hydroxyl groups is 1. The number of hydrogen-bond donors (Lipinski definition) is 2. The molecule has 2 N–H and O–H groups in total. The van der Waals surface area contributed by atoms with Gasteiger partial charge in [0.25, 0.3) is 0 Å². The van der Waals surface area contributed by atoms with Gasteiger partial charge in [-0.05, 0) is 62.8 Å². The fraction of sp³-hybridized carbons (Fsp3) is 0.379. The van der Waals surface area contributed by atoms with Gasteiger partial charge in [-0.1, -0.05) is 43.3 Å². The normalized spacial score (nSPS) is 20.7. The SMILES string of the molecule is CCOc1cc([C@H]2C(C(=O)O[C@H](C)CC)=C(C)NC3=C2C(=O)C[C@H](c2ccccc2)C3)ccc1O. The Morgan fingerprint density at radius 3 is 2.54 bits per heavy atom. The molecular formula is C29H33NO5. The maximum Gasteiger partial charge on any atom is 0.337 e. The Morgan fingerprint density at radius 1 is 1.11 bits per heavy atom. The highest BCUT2D eigenvalue weighted by Crippen LogP contribution is 2.47. The molecule has 1 heterocycles. The van der Waals surface area contributed by atoms with E-state index in [1.165, 1.54) is 0 Å². The zero-order chi connectivity index (χ0) is 25.1. The van der Waals surface area contributed by atoms with E-state index in [-0.39, 0.29) is 23.6 Å². The number of phenolic OH excluding ortho intramolecular Hbond substituents is 1. The highest BCUT2D eigenvalue weighted by atomic mass is 16.5. The van der Waals surface area contributed by atoms with Crippen molar-refractivity contribution in [3.63, 3.8) is 0 Å².